The first-order valence-electron chi connectivity index (χ1n) is 6.86. The Bertz CT molecular complexity index is 717. The van der Waals surface area contributed by atoms with Crippen LogP contribution in [0.25, 0.3) is 0 Å². The number of benzene rings is 2. The number of aliphatic hydroxyl groups is 1. The first-order valence-corrected chi connectivity index (χ1v) is 7.26. The van der Waals surface area contributed by atoms with Gasteiger partial charge >= 0.3 is 6.03 Å². The molecule has 4 N–H and O–H groups in total. The van der Waals surface area contributed by atoms with E-state index in [1.54, 1.807) is 43.3 Å². The molecule has 1 atom stereocenters. The number of primary amides is 1. The SMILES string of the molecule is CC(O)c1cccc(NC(=O)N(S)c2ccc(C(N)=O)cc2)c1. The van der Waals surface area contributed by atoms with E-state index in [1.807, 2.05) is 0 Å². The molecule has 0 saturated heterocycles. The Morgan fingerprint density at radius 3 is 2.43 bits per heavy atom. The van der Waals surface area contributed by atoms with Gasteiger partial charge in [0, 0.05) is 11.3 Å². The molecule has 0 heterocycles. The van der Waals surface area contributed by atoms with Crippen LogP contribution in [0.4, 0.5) is 16.2 Å². The number of aliphatic hydroxyl groups excluding tert-OH is 1. The Kier molecular flexibility index (Phi) is 5.25. The van der Waals surface area contributed by atoms with Crippen LogP contribution in [0.1, 0.15) is 28.9 Å². The summed E-state index contributed by atoms with van der Waals surface area (Å²) in [6.07, 6.45) is -0.625. The van der Waals surface area contributed by atoms with Gasteiger partial charge in [0.2, 0.25) is 5.91 Å². The summed E-state index contributed by atoms with van der Waals surface area (Å²) in [5.74, 6) is -0.540. The van der Waals surface area contributed by atoms with E-state index in [4.69, 9.17) is 5.73 Å². The van der Waals surface area contributed by atoms with Gasteiger partial charge in [-0.25, -0.2) is 9.10 Å². The van der Waals surface area contributed by atoms with E-state index in [-0.39, 0.29) is 0 Å². The average molecular weight is 331 g/mol. The fourth-order valence-corrected chi connectivity index (χ4v) is 2.12. The van der Waals surface area contributed by atoms with E-state index in [0.717, 1.165) is 4.31 Å². The van der Waals surface area contributed by atoms with Crippen LogP contribution in [0.5, 0.6) is 0 Å². The van der Waals surface area contributed by atoms with Gasteiger partial charge in [0.25, 0.3) is 0 Å². The second kappa shape index (κ2) is 7.17. The summed E-state index contributed by atoms with van der Waals surface area (Å²) in [4.78, 5) is 23.2. The van der Waals surface area contributed by atoms with Crippen LogP contribution in [0.2, 0.25) is 0 Å². The van der Waals surface area contributed by atoms with Crippen molar-refractivity contribution in [3.63, 3.8) is 0 Å². The molecular formula is C16H17N3O3S. The molecule has 0 radical (unpaired) electrons. The molecule has 120 valence electrons. The number of thiol groups is 1. The monoisotopic (exact) mass is 331 g/mol. The molecule has 2 aromatic rings. The first kappa shape index (κ1) is 16.9. The number of urea groups is 1. The lowest BCUT2D eigenvalue weighted by Crippen LogP contribution is -2.26. The summed E-state index contributed by atoms with van der Waals surface area (Å²) >= 11 is 4.15. The first-order chi connectivity index (χ1) is 10.9. The van der Waals surface area contributed by atoms with Crippen molar-refractivity contribution in [2.75, 3.05) is 9.62 Å². The van der Waals surface area contributed by atoms with E-state index < -0.39 is 18.0 Å². The molecule has 1 unspecified atom stereocenters. The Balaban J connectivity index is 2.10. The van der Waals surface area contributed by atoms with Gasteiger partial charge in [-0.3, -0.25) is 4.79 Å². The van der Waals surface area contributed by atoms with Crippen LogP contribution in [0.3, 0.4) is 0 Å². The Morgan fingerprint density at radius 1 is 1.22 bits per heavy atom. The van der Waals surface area contributed by atoms with E-state index in [9.17, 15) is 14.7 Å². The Labute approximate surface area is 139 Å². The summed E-state index contributed by atoms with van der Waals surface area (Å²) in [6.45, 7) is 1.64. The van der Waals surface area contributed by atoms with Crippen LogP contribution in [-0.4, -0.2) is 17.0 Å². The van der Waals surface area contributed by atoms with Crippen LogP contribution in [-0.2, 0) is 0 Å². The third kappa shape index (κ3) is 4.24. The molecule has 0 aliphatic heterocycles. The predicted molar refractivity (Wildman–Crippen MR) is 92.5 cm³/mol. The summed E-state index contributed by atoms with van der Waals surface area (Å²) in [5.41, 5.74) is 7.24. The zero-order valence-electron chi connectivity index (χ0n) is 12.4. The molecule has 0 aliphatic carbocycles. The second-order valence-corrected chi connectivity index (χ2v) is 5.35. The van der Waals surface area contributed by atoms with Crippen molar-refractivity contribution in [2.45, 2.75) is 13.0 Å². The smallest absolute Gasteiger partial charge is 0.336 e. The van der Waals surface area contributed by atoms with Crippen LogP contribution >= 0.6 is 12.8 Å². The molecule has 2 aromatic carbocycles. The normalized spacial score (nSPS) is 11.6. The second-order valence-electron chi connectivity index (χ2n) is 4.95. The summed E-state index contributed by atoms with van der Waals surface area (Å²) in [7, 11) is 0. The molecule has 6 nitrogen and oxygen atoms in total. The minimum Gasteiger partial charge on any atom is -0.389 e. The fourth-order valence-electron chi connectivity index (χ4n) is 1.94. The minimum absolute atomic E-state index is 0.348. The minimum atomic E-state index is -0.625. The molecule has 7 heteroatoms. The summed E-state index contributed by atoms with van der Waals surface area (Å²) in [5, 5.41) is 12.2. The van der Waals surface area contributed by atoms with Gasteiger partial charge in [-0.15, -0.1) is 0 Å². The molecule has 2 rings (SSSR count). The zero-order chi connectivity index (χ0) is 17.0. The van der Waals surface area contributed by atoms with Crippen LogP contribution < -0.4 is 15.4 Å². The van der Waals surface area contributed by atoms with Crippen LogP contribution in [0, 0.1) is 0 Å². The topological polar surface area (TPSA) is 95.7 Å². The summed E-state index contributed by atoms with van der Waals surface area (Å²) in [6, 6.07) is 12.6. The number of nitrogens with two attached hydrogens (primary N) is 1. The van der Waals surface area contributed by atoms with Gasteiger partial charge in [0.15, 0.2) is 0 Å². The highest BCUT2D eigenvalue weighted by Gasteiger charge is 2.13. The number of carbonyl (C=O) groups excluding carboxylic acids is 2. The van der Waals surface area contributed by atoms with E-state index in [1.165, 1.54) is 12.1 Å². The molecule has 0 aromatic heterocycles. The predicted octanol–water partition coefficient (Wildman–Crippen LogP) is 2.72. The largest absolute Gasteiger partial charge is 0.389 e. The van der Waals surface area contributed by atoms with E-state index >= 15 is 0 Å². The molecule has 0 saturated carbocycles. The molecular weight excluding hydrogens is 314 g/mol. The van der Waals surface area contributed by atoms with Gasteiger partial charge in [-0.2, -0.15) is 0 Å². The highest BCUT2D eigenvalue weighted by atomic mass is 32.1. The number of rotatable bonds is 4. The van der Waals surface area contributed by atoms with Crippen molar-refractivity contribution in [3.8, 4) is 0 Å². The number of carbonyl (C=O) groups is 2. The zero-order valence-corrected chi connectivity index (χ0v) is 13.3. The highest BCUT2D eigenvalue weighted by molar-refractivity contribution is 7.82. The molecule has 3 amide bonds. The number of anilines is 2. The third-order valence-corrected chi connectivity index (χ3v) is 3.62. The number of nitrogens with zero attached hydrogens (tertiary/aromatic N) is 1. The van der Waals surface area contributed by atoms with Crippen molar-refractivity contribution in [1.29, 1.82) is 0 Å². The quantitative estimate of drug-likeness (QED) is 0.649. The van der Waals surface area contributed by atoms with Crippen molar-refractivity contribution in [1.82, 2.24) is 0 Å². The molecule has 0 spiro atoms. The Hall–Kier alpha value is -2.51. The van der Waals surface area contributed by atoms with E-state index in [2.05, 4.69) is 18.1 Å². The standard InChI is InChI=1S/C16H17N3O3S/c1-10(20)12-3-2-4-13(9-12)18-16(22)19(23)14-7-5-11(6-8-14)15(17)21/h2-10,20,23H,1H3,(H2,17,21)(H,18,22). The van der Waals surface area contributed by atoms with E-state index in [0.29, 0.717) is 22.5 Å². The molecule has 0 bridgehead atoms. The maximum absolute atomic E-state index is 12.2. The number of hydrogen-bond donors (Lipinski definition) is 4. The molecule has 0 fully saturated rings. The van der Waals surface area contributed by atoms with Crippen LogP contribution in [0.15, 0.2) is 48.5 Å². The lowest BCUT2D eigenvalue weighted by atomic mass is 10.1. The fraction of sp³-hybridized carbons (Fsp3) is 0.125. The number of amides is 3. The van der Waals surface area contributed by atoms with Crippen molar-refractivity contribution >= 4 is 36.1 Å². The Morgan fingerprint density at radius 2 is 1.87 bits per heavy atom. The van der Waals surface area contributed by atoms with Gasteiger partial charge in [-0.05, 0) is 48.9 Å². The third-order valence-electron chi connectivity index (χ3n) is 3.21. The lowest BCUT2D eigenvalue weighted by Gasteiger charge is -2.17. The van der Waals surface area contributed by atoms with Gasteiger partial charge < -0.3 is 16.2 Å². The molecule has 0 aliphatic rings. The van der Waals surface area contributed by atoms with Crippen molar-refractivity contribution in [3.05, 3.63) is 59.7 Å². The molecule has 23 heavy (non-hydrogen) atoms. The van der Waals surface area contributed by atoms with Crippen molar-refractivity contribution < 1.29 is 14.7 Å². The maximum Gasteiger partial charge on any atom is 0.336 e. The van der Waals surface area contributed by atoms with Gasteiger partial charge in [0.1, 0.15) is 0 Å². The number of nitrogens with one attached hydrogen (secondary N) is 1. The lowest BCUT2D eigenvalue weighted by molar-refractivity contribution is 0.100. The van der Waals surface area contributed by atoms with Gasteiger partial charge in [0.05, 0.1) is 11.8 Å². The summed E-state index contributed by atoms with van der Waals surface area (Å²) < 4.78 is 1.11. The van der Waals surface area contributed by atoms with Crippen molar-refractivity contribution in [2.24, 2.45) is 5.73 Å². The highest BCUT2D eigenvalue weighted by Crippen LogP contribution is 2.21. The number of hydrogen-bond acceptors (Lipinski definition) is 4. The average Bonchev–Trinajstić information content (AvgIpc) is 2.54. The maximum atomic E-state index is 12.2. The van der Waals surface area contributed by atoms with Gasteiger partial charge in [-0.1, -0.05) is 24.9 Å².